The number of pyridine rings is 1. The highest BCUT2D eigenvalue weighted by atomic mass is 35.5. The van der Waals surface area contributed by atoms with E-state index in [0.717, 1.165) is 0 Å². The van der Waals surface area contributed by atoms with Crippen LogP contribution in [0.1, 0.15) is 0 Å². The first kappa shape index (κ1) is 10.9. The van der Waals surface area contributed by atoms with E-state index in [1.54, 1.807) is 42.3 Å². The van der Waals surface area contributed by atoms with Gasteiger partial charge in [0, 0.05) is 18.6 Å². The van der Waals surface area contributed by atoms with E-state index in [0.29, 0.717) is 21.9 Å². The third-order valence-corrected chi connectivity index (χ3v) is 2.69. The van der Waals surface area contributed by atoms with Crippen molar-refractivity contribution in [3.8, 4) is 5.82 Å². The summed E-state index contributed by atoms with van der Waals surface area (Å²) in [5.41, 5.74) is 0.0390. The maximum absolute atomic E-state index is 12.2. The van der Waals surface area contributed by atoms with Crippen LogP contribution in [-0.4, -0.2) is 24.5 Å². The number of hydrogen-bond acceptors (Lipinski definition) is 4. The topological polar surface area (TPSA) is 65.6 Å². The van der Waals surface area contributed by atoms with Crippen LogP contribution in [0.5, 0.6) is 0 Å². The third-order valence-electron chi connectivity index (χ3n) is 2.48. The Balaban J connectivity index is 2.30. The van der Waals surface area contributed by atoms with Crippen LogP contribution in [0, 0.1) is 0 Å². The van der Waals surface area contributed by atoms with E-state index in [-0.39, 0.29) is 5.56 Å². The van der Waals surface area contributed by atoms with Gasteiger partial charge in [0.05, 0.1) is 6.20 Å². The second-order valence-electron chi connectivity index (χ2n) is 3.79. The van der Waals surface area contributed by atoms with E-state index in [9.17, 15) is 4.79 Å². The van der Waals surface area contributed by atoms with Gasteiger partial charge in [0.25, 0.3) is 0 Å². The number of nitrogens with zero attached hydrogens (tertiary/aromatic N) is 5. The van der Waals surface area contributed by atoms with Crippen LogP contribution in [0.2, 0.25) is 5.15 Å². The maximum atomic E-state index is 12.2. The van der Waals surface area contributed by atoms with Crippen LogP contribution in [0.3, 0.4) is 0 Å². The quantitative estimate of drug-likeness (QED) is 0.617. The number of aryl methyl sites for hydroxylation is 1. The summed E-state index contributed by atoms with van der Waals surface area (Å²) in [5, 5.41) is 9.17. The summed E-state index contributed by atoms with van der Waals surface area (Å²) in [6.45, 7) is 0. The van der Waals surface area contributed by atoms with Crippen molar-refractivity contribution in [1.82, 2.24) is 24.5 Å². The third kappa shape index (κ3) is 1.67. The fourth-order valence-electron chi connectivity index (χ4n) is 1.72. The second-order valence-corrected chi connectivity index (χ2v) is 4.17. The molecule has 0 atom stereocenters. The van der Waals surface area contributed by atoms with Gasteiger partial charge in [0.15, 0.2) is 11.3 Å². The summed E-state index contributed by atoms with van der Waals surface area (Å²) in [6.07, 6.45) is 3.31. The largest absolute Gasteiger partial charge is 0.301 e. The summed E-state index contributed by atoms with van der Waals surface area (Å²) in [7, 11) is 1.75. The lowest BCUT2D eigenvalue weighted by atomic mass is 10.4. The van der Waals surface area contributed by atoms with Gasteiger partial charge in [0.2, 0.25) is 0 Å². The molecular formula is C11H8ClN5O. The van der Waals surface area contributed by atoms with E-state index < -0.39 is 0 Å². The predicted octanol–water partition coefficient (Wildman–Crippen LogP) is 1.17. The first-order valence-corrected chi connectivity index (χ1v) is 5.57. The van der Waals surface area contributed by atoms with Crippen LogP contribution >= 0.6 is 11.6 Å². The van der Waals surface area contributed by atoms with Gasteiger partial charge in [-0.05, 0) is 12.1 Å². The van der Waals surface area contributed by atoms with Crippen LogP contribution in [0.15, 0.2) is 35.4 Å². The summed E-state index contributed by atoms with van der Waals surface area (Å²) in [5.74, 6) is 0.375. The zero-order valence-corrected chi connectivity index (χ0v) is 10.2. The lowest BCUT2D eigenvalue weighted by Crippen LogP contribution is -2.22. The van der Waals surface area contributed by atoms with Crippen molar-refractivity contribution in [2.75, 3.05) is 0 Å². The molecule has 0 radical (unpaired) electrons. The summed E-state index contributed by atoms with van der Waals surface area (Å²) in [4.78, 5) is 16.2. The first-order chi connectivity index (χ1) is 8.65. The zero-order chi connectivity index (χ0) is 12.7. The molecule has 3 rings (SSSR count). The second kappa shape index (κ2) is 3.92. The minimum absolute atomic E-state index is 0.308. The molecule has 0 amide bonds. The molecule has 3 aromatic heterocycles. The molecule has 18 heavy (non-hydrogen) atoms. The van der Waals surface area contributed by atoms with Crippen LogP contribution in [0.4, 0.5) is 0 Å². The van der Waals surface area contributed by atoms with Crippen LogP contribution in [0.25, 0.3) is 16.7 Å². The Kier molecular flexibility index (Phi) is 2.38. The first-order valence-electron chi connectivity index (χ1n) is 5.20. The Labute approximate surface area is 106 Å². The molecule has 0 spiro atoms. The smallest absolute Gasteiger partial charge is 0.274 e. The van der Waals surface area contributed by atoms with Gasteiger partial charge in [0.1, 0.15) is 5.15 Å². The summed E-state index contributed by atoms with van der Waals surface area (Å²) < 4.78 is 2.75. The van der Waals surface area contributed by atoms with Crippen LogP contribution < -0.4 is 5.56 Å². The van der Waals surface area contributed by atoms with E-state index in [2.05, 4.69) is 15.2 Å². The Bertz CT molecular complexity index is 791. The molecule has 0 fully saturated rings. The monoisotopic (exact) mass is 261 g/mol. The van der Waals surface area contributed by atoms with Crippen molar-refractivity contribution < 1.29 is 0 Å². The fraction of sp³-hybridized carbons (Fsp3) is 0.0909. The number of halogens is 1. The van der Waals surface area contributed by atoms with Crippen LogP contribution in [-0.2, 0) is 7.05 Å². The molecule has 0 saturated heterocycles. The summed E-state index contributed by atoms with van der Waals surface area (Å²) >= 11 is 5.80. The summed E-state index contributed by atoms with van der Waals surface area (Å²) in [6, 6.07) is 5.01. The highest BCUT2D eigenvalue weighted by Crippen LogP contribution is 2.09. The SMILES string of the molecule is Cn1cc2cnn(-c3cccc(Cl)n3)c(=O)c2n1. The number of fused-ring (bicyclic) bond motifs is 1. The van der Waals surface area contributed by atoms with Crippen molar-refractivity contribution in [1.29, 1.82) is 0 Å². The van der Waals surface area contributed by atoms with Gasteiger partial charge >= 0.3 is 5.56 Å². The maximum Gasteiger partial charge on any atom is 0.301 e. The Morgan fingerprint density at radius 2 is 2.17 bits per heavy atom. The fourth-order valence-corrected chi connectivity index (χ4v) is 1.88. The standard InChI is InChI=1S/C11H8ClN5O/c1-16-6-7-5-13-17(11(18)10(7)15-16)9-4-2-3-8(12)14-9/h2-6H,1H3. The average molecular weight is 262 g/mol. The average Bonchev–Trinajstić information content (AvgIpc) is 2.71. The minimum atomic E-state index is -0.317. The molecule has 0 aliphatic heterocycles. The van der Waals surface area contributed by atoms with E-state index in [4.69, 9.17) is 11.6 Å². The number of rotatable bonds is 1. The van der Waals surface area contributed by atoms with Crippen molar-refractivity contribution >= 4 is 22.5 Å². The molecule has 0 aliphatic carbocycles. The molecule has 7 heteroatoms. The van der Waals surface area contributed by atoms with Gasteiger partial charge in [-0.1, -0.05) is 17.7 Å². The molecule has 90 valence electrons. The Morgan fingerprint density at radius 1 is 1.33 bits per heavy atom. The van der Waals surface area contributed by atoms with Crippen molar-refractivity contribution in [3.63, 3.8) is 0 Å². The van der Waals surface area contributed by atoms with Gasteiger partial charge in [-0.3, -0.25) is 9.48 Å². The van der Waals surface area contributed by atoms with E-state index in [1.165, 1.54) is 4.68 Å². The lowest BCUT2D eigenvalue weighted by molar-refractivity contribution is 0.766. The molecule has 0 unspecified atom stereocenters. The molecule has 0 aromatic carbocycles. The van der Waals surface area contributed by atoms with E-state index >= 15 is 0 Å². The zero-order valence-electron chi connectivity index (χ0n) is 9.41. The van der Waals surface area contributed by atoms with Crippen molar-refractivity contribution in [3.05, 3.63) is 46.1 Å². The molecule has 0 N–H and O–H groups in total. The van der Waals surface area contributed by atoms with Crippen molar-refractivity contribution in [2.45, 2.75) is 0 Å². The molecule has 0 saturated carbocycles. The molecular weight excluding hydrogens is 254 g/mol. The Morgan fingerprint density at radius 3 is 2.94 bits per heavy atom. The van der Waals surface area contributed by atoms with E-state index in [1.807, 2.05) is 0 Å². The molecule has 0 aliphatic rings. The lowest BCUT2D eigenvalue weighted by Gasteiger charge is -2.02. The molecule has 6 nitrogen and oxygen atoms in total. The minimum Gasteiger partial charge on any atom is -0.274 e. The van der Waals surface area contributed by atoms with Gasteiger partial charge in [-0.25, -0.2) is 4.98 Å². The van der Waals surface area contributed by atoms with Gasteiger partial charge in [-0.2, -0.15) is 14.9 Å². The number of aromatic nitrogens is 5. The number of hydrogen-bond donors (Lipinski definition) is 0. The highest BCUT2D eigenvalue weighted by molar-refractivity contribution is 6.29. The van der Waals surface area contributed by atoms with Crippen molar-refractivity contribution in [2.24, 2.45) is 7.05 Å². The highest BCUT2D eigenvalue weighted by Gasteiger charge is 2.10. The molecule has 3 aromatic rings. The van der Waals surface area contributed by atoms with Gasteiger partial charge in [-0.15, -0.1) is 0 Å². The normalized spacial score (nSPS) is 11.0. The molecule has 3 heterocycles. The Hall–Kier alpha value is -2.21. The van der Waals surface area contributed by atoms with Gasteiger partial charge < -0.3 is 0 Å². The molecule has 0 bridgehead atoms. The predicted molar refractivity (Wildman–Crippen MR) is 66.9 cm³/mol.